The topological polar surface area (TPSA) is 108 Å². The second-order valence-corrected chi connectivity index (χ2v) is 10.0. The van der Waals surface area contributed by atoms with Gasteiger partial charge in [0.15, 0.2) is 0 Å². The van der Waals surface area contributed by atoms with E-state index in [1.807, 2.05) is 24.3 Å². The standard InChI is InChI=1S/C23H17F2N5O4S2/c1-33-16-5-3-4-13(8-16)19-12-27-23-30(19)28-22(35-23)14-9-18(21(34-2)26-11-14)29-36(31,32)20-7-6-15(24)10-17(20)25/h3-12,29H,1-2H3. The Labute approximate surface area is 208 Å². The van der Waals surface area contributed by atoms with Gasteiger partial charge in [-0.05, 0) is 30.3 Å². The third-order valence-corrected chi connectivity index (χ3v) is 7.54. The molecule has 9 nitrogen and oxygen atoms in total. The summed E-state index contributed by atoms with van der Waals surface area (Å²) in [6.45, 7) is 0. The molecule has 0 spiro atoms. The van der Waals surface area contributed by atoms with Crippen LogP contribution in [0.5, 0.6) is 11.6 Å². The average molecular weight is 530 g/mol. The lowest BCUT2D eigenvalue weighted by atomic mass is 10.1. The fourth-order valence-electron chi connectivity index (χ4n) is 3.49. The van der Waals surface area contributed by atoms with Crippen LogP contribution >= 0.6 is 11.3 Å². The number of anilines is 1. The number of rotatable bonds is 7. The van der Waals surface area contributed by atoms with Crippen LogP contribution in [-0.4, -0.2) is 42.2 Å². The quantitative estimate of drug-likeness (QED) is 0.328. The number of hydrogen-bond acceptors (Lipinski definition) is 8. The van der Waals surface area contributed by atoms with E-state index in [-0.39, 0.29) is 11.6 Å². The Morgan fingerprint density at radius 1 is 0.972 bits per heavy atom. The summed E-state index contributed by atoms with van der Waals surface area (Å²) in [6, 6.07) is 11.1. The summed E-state index contributed by atoms with van der Waals surface area (Å²) < 4.78 is 67.4. The molecule has 5 aromatic rings. The van der Waals surface area contributed by atoms with Crippen LogP contribution in [0.15, 0.2) is 65.8 Å². The summed E-state index contributed by atoms with van der Waals surface area (Å²) in [4.78, 5) is 8.47. The maximum absolute atomic E-state index is 14.2. The number of aromatic nitrogens is 4. The fourth-order valence-corrected chi connectivity index (χ4v) is 5.45. The van der Waals surface area contributed by atoms with Crippen molar-refractivity contribution in [2.75, 3.05) is 18.9 Å². The van der Waals surface area contributed by atoms with Crippen LogP contribution < -0.4 is 14.2 Å². The van der Waals surface area contributed by atoms with Crippen molar-refractivity contribution in [3.63, 3.8) is 0 Å². The van der Waals surface area contributed by atoms with Crippen LogP contribution in [0.1, 0.15) is 0 Å². The summed E-state index contributed by atoms with van der Waals surface area (Å²) in [5.41, 5.74) is 2.02. The highest BCUT2D eigenvalue weighted by Crippen LogP contribution is 2.34. The lowest BCUT2D eigenvalue weighted by Gasteiger charge is -2.12. The highest BCUT2D eigenvalue weighted by Gasteiger charge is 2.23. The second kappa shape index (κ2) is 9.17. The smallest absolute Gasteiger partial charge is 0.264 e. The lowest BCUT2D eigenvalue weighted by molar-refractivity contribution is 0.400. The molecule has 184 valence electrons. The van der Waals surface area contributed by atoms with Gasteiger partial charge in [-0.25, -0.2) is 31.7 Å². The minimum absolute atomic E-state index is 0.0387. The van der Waals surface area contributed by atoms with Gasteiger partial charge in [-0.2, -0.15) is 5.10 Å². The van der Waals surface area contributed by atoms with Gasteiger partial charge in [-0.1, -0.05) is 23.5 Å². The predicted molar refractivity (Wildman–Crippen MR) is 130 cm³/mol. The van der Waals surface area contributed by atoms with Crippen molar-refractivity contribution in [2.45, 2.75) is 4.90 Å². The van der Waals surface area contributed by atoms with E-state index in [0.29, 0.717) is 27.3 Å². The summed E-state index contributed by atoms with van der Waals surface area (Å²) in [6.07, 6.45) is 3.17. The maximum atomic E-state index is 14.2. The van der Waals surface area contributed by atoms with E-state index in [2.05, 4.69) is 19.8 Å². The summed E-state index contributed by atoms with van der Waals surface area (Å²) in [5.74, 6) is -1.47. The van der Waals surface area contributed by atoms with Gasteiger partial charge in [0.05, 0.1) is 26.1 Å². The van der Waals surface area contributed by atoms with E-state index >= 15 is 0 Å². The molecule has 0 saturated carbocycles. The van der Waals surface area contributed by atoms with Gasteiger partial charge >= 0.3 is 0 Å². The number of sulfonamides is 1. The molecule has 0 aliphatic carbocycles. The molecule has 3 aromatic heterocycles. The first-order valence-corrected chi connectivity index (χ1v) is 12.6. The third kappa shape index (κ3) is 4.33. The van der Waals surface area contributed by atoms with Crippen molar-refractivity contribution in [1.82, 2.24) is 19.6 Å². The van der Waals surface area contributed by atoms with E-state index in [4.69, 9.17) is 9.47 Å². The van der Waals surface area contributed by atoms with Crippen LogP contribution in [0.25, 0.3) is 26.8 Å². The Kier molecular flexibility index (Phi) is 6.02. The Balaban J connectivity index is 1.53. The molecule has 13 heteroatoms. The average Bonchev–Trinajstić information content (AvgIpc) is 3.45. The number of fused-ring (bicyclic) bond motifs is 1. The molecule has 0 amide bonds. The molecule has 0 radical (unpaired) electrons. The molecule has 5 rings (SSSR count). The van der Waals surface area contributed by atoms with Crippen LogP contribution in [-0.2, 0) is 10.0 Å². The van der Waals surface area contributed by atoms with E-state index in [9.17, 15) is 17.2 Å². The van der Waals surface area contributed by atoms with Gasteiger partial charge in [0, 0.05) is 23.4 Å². The second-order valence-electron chi connectivity index (χ2n) is 7.44. The van der Waals surface area contributed by atoms with Gasteiger partial charge < -0.3 is 9.47 Å². The zero-order chi connectivity index (χ0) is 25.4. The molecule has 0 fully saturated rings. The van der Waals surface area contributed by atoms with Crippen molar-refractivity contribution in [1.29, 1.82) is 0 Å². The summed E-state index contributed by atoms with van der Waals surface area (Å²) in [5, 5.41) is 5.13. The van der Waals surface area contributed by atoms with E-state index in [1.165, 1.54) is 30.7 Å². The fraction of sp³-hybridized carbons (Fsp3) is 0.0870. The van der Waals surface area contributed by atoms with Crippen molar-refractivity contribution in [2.24, 2.45) is 0 Å². The predicted octanol–water partition coefficient (Wildman–Crippen LogP) is 4.62. The zero-order valence-electron chi connectivity index (χ0n) is 18.8. The Hall–Kier alpha value is -4.10. The highest BCUT2D eigenvalue weighted by molar-refractivity contribution is 7.92. The number of methoxy groups -OCH3 is 2. The molecule has 0 unspecified atom stereocenters. The minimum Gasteiger partial charge on any atom is -0.497 e. The number of imidazole rings is 1. The molecule has 0 aliphatic rings. The molecule has 0 atom stereocenters. The Bertz CT molecular complexity index is 1700. The van der Waals surface area contributed by atoms with Crippen molar-refractivity contribution < 1.29 is 26.7 Å². The molecule has 2 aromatic carbocycles. The van der Waals surface area contributed by atoms with Gasteiger partial charge in [-0.15, -0.1) is 0 Å². The first-order valence-electron chi connectivity index (χ1n) is 10.3. The number of nitrogens with zero attached hydrogens (tertiary/aromatic N) is 4. The van der Waals surface area contributed by atoms with Crippen molar-refractivity contribution in [3.05, 3.63) is 72.6 Å². The Morgan fingerprint density at radius 2 is 1.81 bits per heavy atom. The van der Waals surface area contributed by atoms with Gasteiger partial charge in [0.2, 0.25) is 10.8 Å². The molecule has 0 aliphatic heterocycles. The molecule has 3 heterocycles. The number of benzene rings is 2. The highest BCUT2D eigenvalue weighted by atomic mass is 32.2. The zero-order valence-corrected chi connectivity index (χ0v) is 20.4. The maximum Gasteiger partial charge on any atom is 0.264 e. The van der Waals surface area contributed by atoms with Crippen molar-refractivity contribution >= 4 is 32.0 Å². The molecule has 0 bridgehead atoms. The van der Waals surface area contributed by atoms with Gasteiger partial charge in [-0.3, -0.25) is 4.72 Å². The molecule has 1 N–H and O–H groups in total. The van der Waals surface area contributed by atoms with Gasteiger partial charge in [0.1, 0.15) is 33.0 Å². The number of nitrogens with one attached hydrogen (secondary N) is 1. The monoisotopic (exact) mass is 529 g/mol. The molecule has 0 saturated heterocycles. The van der Waals surface area contributed by atoms with Crippen LogP contribution in [0.4, 0.5) is 14.5 Å². The number of pyridine rings is 1. The third-order valence-electron chi connectivity index (χ3n) is 5.17. The number of halogens is 2. The molecule has 36 heavy (non-hydrogen) atoms. The minimum atomic E-state index is -4.41. The number of ether oxygens (including phenoxy) is 2. The molecular formula is C23H17F2N5O4S2. The lowest BCUT2D eigenvalue weighted by Crippen LogP contribution is -2.15. The first kappa shape index (κ1) is 23.6. The Morgan fingerprint density at radius 3 is 2.56 bits per heavy atom. The normalized spacial score (nSPS) is 11.6. The van der Waals surface area contributed by atoms with Crippen molar-refractivity contribution in [3.8, 4) is 33.5 Å². The van der Waals surface area contributed by atoms with E-state index < -0.39 is 26.6 Å². The first-order chi connectivity index (χ1) is 17.3. The van der Waals surface area contributed by atoms with Crippen LogP contribution in [0, 0.1) is 11.6 Å². The number of hydrogen-bond donors (Lipinski definition) is 1. The van der Waals surface area contributed by atoms with Crippen LogP contribution in [0.3, 0.4) is 0 Å². The SMILES string of the molecule is COc1cccc(-c2cnc3sc(-c4cnc(OC)c(NS(=O)(=O)c5ccc(F)cc5F)c4)nn23)c1. The summed E-state index contributed by atoms with van der Waals surface area (Å²) in [7, 11) is -1.52. The largest absolute Gasteiger partial charge is 0.497 e. The summed E-state index contributed by atoms with van der Waals surface area (Å²) >= 11 is 1.27. The van der Waals surface area contributed by atoms with Crippen LogP contribution in [0.2, 0.25) is 0 Å². The van der Waals surface area contributed by atoms with Gasteiger partial charge in [0.25, 0.3) is 10.0 Å². The molecular weight excluding hydrogens is 512 g/mol. The van der Waals surface area contributed by atoms with E-state index in [1.54, 1.807) is 17.8 Å². The van der Waals surface area contributed by atoms with E-state index in [0.717, 1.165) is 23.4 Å².